The zero-order valence-electron chi connectivity index (χ0n) is 11.0. The summed E-state index contributed by atoms with van der Waals surface area (Å²) < 4.78 is 0. The van der Waals surface area contributed by atoms with E-state index in [1.807, 2.05) is 13.8 Å². The van der Waals surface area contributed by atoms with E-state index in [0.29, 0.717) is 0 Å². The van der Waals surface area contributed by atoms with Gasteiger partial charge in [-0.25, -0.2) is 0 Å². The normalized spacial score (nSPS) is 13.7. The fourth-order valence-corrected chi connectivity index (χ4v) is 2.03. The van der Waals surface area contributed by atoms with Gasteiger partial charge in [0.1, 0.15) is 0 Å². The van der Waals surface area contributed by atoms with Gasteiger partial charge < -0.3 is 5.32 Å². The van der Waals surface area contributed by atoms with E-state index in [2.05, 4.69) is 66.0 Å². The van der Waals surface area contributed by atoms with Crippen LogP contribution in [-0.4, -0.2) is 0 Å². The van der Waals surface area contributed by atoms with Gasteiger partial charge in [0.05, 0.1) is 0 Å². The van der Waals surface area contributed by atoms with Gasteiger partial charge in [0, 0.05) is 12.2 Å². The second-order valence-corrected chi connectivity index (χ2v) is 3.97. The van der Waals surface area contributed by atoms with Crippen molar-refractivity contribution in [2.75, 3.05) is 5.32 Å². The maximum atomic E-state index is 3.47. The summed E-state index contributed by atoms with van der Waals surface area (Å²) >= 11 is 0. The Morgan fingerprint density at radius 1 is 0.778 bits per heavy atom. The van der Waals surface area contributed by atoms with Crippen LogP contribution in [0, 0.1) is 0 Å². The molecule has 1 N–H and O–H groups in total. The first kappa shape index (κ1) is 12.4. The van der Waals surface area contributed by atoms with E-state index < -0.39 is 0 Å². The molecule has 1 aliphatic heterocycles. The molecule has 1 aliphatic rings. The van der Waals surface area contributed by atoms with Crippen LogP contribution < -0.4 is 5.32 Å². The summed E-state index contributed by atoms with van der Waals surface area (Å²) in [5.74, 6) is 0. The van der Waals surface area contributed by atoms with Crippen molar-refractivity contribution in [3.05, 3.63) is 65.2 Å². The van der Waals surface area contributed by atoms with Crippen molar-refractivity contribution < 1.29 is 0 Å². The van der Waals surface area contributed by atoms with Crippen molar-refractivity contribution in [3.8, 4) is 0 Å². The Morgan fingerprint density at radius 2 is 1.39 bits per heavy atom. The number of hydrogen-bond acceptors (Lipinski definition) is 1. The third kappa shape index (κ3) is 2.62. The Hall–Kier alpha value is -2.02. The molecule has 0 radical (unpaired) electrons. The first-order valence-electron chi connectivity index (χ1n) is 6.52. The summed E-state index contributed by atoms with van der Waals surface area (Å²) in [6, 6.07) is 16.9. The van der Waals surface area contributed by atoms with E-state index in [1.54, 1.807) is 0 Å². The maximum Gasteiger partial charge on any atom is 0.0416 e. The molecule has 0 amide bonds. The van der Waals surface area contributed by atoms with E-state index in [-0.39, 0.29) is 0 Å². The highest BCUT2D eigenvalue weighted by atomic mass is 14.9. The molecule has 1 heterocycles. The van der Waals surface area contributed by atoms with Crippen LogP contribution >= 0.6 is 0 Å². The first-order valence-corrected chi connectivity index (χ1v) is 6.52. The largest absolute Gasteiger partial charge is 0.380 e. The standard InChI is InChI=1S/C15H13N.C2H6/c1-2-7-14-11-16-15-8-4-3-6-13(15)10-9-12(14)5-1;1-2/h1-10,16H,11H2;1-2H3/b10-9-;. The van der Waals surface area contributed by atoms with Gasteiger partial charge in [-0.05, 0) is 22.8 Å². The Morgan fingerprint density at radius 3 is 2.22 bits per heavy atom. The fourth-order valence-electron chi connectivity index (χ4n) is 2.03. The van der Waals surface area contributed by atoms with Gasteiger partial charge in [-0.15, -0.1) is 0 Å². The molecule has 0 spiro atoms. The molecule has 2 aromatic carbocycles. The minimum absolute atomic E-state index is 0.886. The van der Waals surface area contributed by atoms with E-state index in [9.17, 15) is 0 Å². The van der Waals surface area contributed by atoms with E-state index in [4.69, 9.17) is 0 Å². The highest BCUT2D eigenvalue weighted by molar-refractivity contribution is 5.78. The highest BCUT2D eigenvalue weighted by Gasteiger charge is 2.04. The lowest BCUT2D eigenvalue weighted by Crippen LogP contribution is -2.03. The Bertz CT molecular complexity index is 491. The van der Waals surface area contributed by atoms with Crippen LogP contribution in [-0.2, 0) is 6.54 Å². The van der Waals surface area contributed by atoms with Crippen molar-refractivity contribution in [1.82, 2.24) is 0 Å². The summed E-state index contributed by atoms with van der Waals surface area (Å²) in [6.45, 7) is 4.89. The predicted octanol–water partition coefficient (Wildman–Crippen LogP) is 4.81. The predicted molar refractivity (Wildman–Crippen MR) is 80.5 cm³/mol. The van der Waals surface area contributed by atoms with Crippen LogP contribution in [0.2, 0.25) is 0 Å². The zero-order valence-corrected chi connectivity index (χ0v) is 11.0. The lowest BCUT2D eigenvalue weighted by atomic mass is 10.0. The minimum atomic E-state index is 0.886. The molecule has 0 fully saturated rings. The topological polar surface area (TPSA) is 12.0 Å². The lowest BCUT2D eigenvalue weighted by molar-refractivity contribution is 1.14. The Balaban J connectivity index is 0.000000574. The van der Waals surface area contributed by atoms with Crippen molar-refractivity contribution in [2.45, 2.75) is 20.4 Å². The van der Waals surface area contributed by atoms with Crippen LogP contribution in [0.3, 0.4) is 0 Å². The Kier molecular flexibility index (Phi) is 4.19. The number of nitrogens with one attached hydrogen (secondary N) is 1. The molecular formula is C17H19N. The molecule has 0 aromatic heterocycles. The highest BCUT2D eigenvalue weighted by Crippen LogP contribution is 2.23. The molecule has 92 valence electrons. The number of para-hydroxylation sites is 1. The smallest absolute Gasteiger partial charge is 0.0416 e. The quantitative estimate of drug-likeness (QED) is 0.693. The van der Waals surface area contributed by atoms with E-state index in [1.165, 1.54) is 22.4 Å². The zero-order chi connectivity index (χ0) is 12.8. The third-order valence-corrected chi connectivity index (χ3v) is 2.93. The van der Waals surface area contributed by atoms with Gasteiger partial charge in [-0.3, -0.25) is 0 Å². The molecule has 1 nitrogen and oxygen atoms in total. The van der Waals surface area contributed by atoms with Crippen molar-refractivity contribution >= 4 is 17.8 Å². The molecule has 0 saturated heterocycles. The summed E-state index contributed by atoms with van der Waals surface area (Å²) in [4.78, 5) is 0. The lowest BCUT2D eigenvalue weighted by Gasteiger charge is -2.14. The molecule has 0 atom stereocenters. The van der Waals surface area contributed by atoms with Gasteiger partial charge in [-0.1, -0.05) is 68.5 Å². The minimum Gasteiger partial charge on any atom is -0.380 e. The van der Waals surface area contributed by atoms with Crippen LogP contribution in [0.15, 0.2) is 48.5 Å². The monoisotopic (exact) mass is 237 g/mol. The SMILES string of the molecule is C1=C\c2ccccc2NCc2ccccc2/1.CC. The molecule has 3 rings (SSSR count). The first-order chi connectivity index (χ1) is 8.93. The Labute approximate surface area is 109 Å². The summed E-state index contributed by atoms with van der Waals surface area (Å²) in [7, 11) is 0. The van der Waals surface area contributed by atoms with Gasteiger partial charge in [0.2, 0.25) is 0 Å². The van der Waals surface area contributed by atoms with Gasteiger partial charge in [-0.2, -0.15) is 0 Å². The molecule has 0 bridgehead atoms. The van der Waals surface area contributed by atoms with Crippen molar-refractivity contribution in [3.63, 3.8) is 0 Å². The number of rotatable bonds is 0. The molecular weight excluding hydrogens is 218 g/mol. The molecule has 0 unspecified atom stereocenters. The maximum absolute atomic E-state index is 3.47. The number of hydrogen-bond donors (Lipinski definition) is 1. The third-order valence-electron chi connectivity index (χ3n) is 2.93. The number of fused-ring (bicyclic) bond motifs is 2. The van der Waals surface area contributed by atoms with Gasteiger partial charge >= 0.3 is 0 Å². The second kappa shape index (κ2) is 6.06. The van der Waals surface area contributed by atoms with Crippen LogP contribution in [0.5, 0.6) is 0 Å². The van der Waals surface area contributed by atoms with Gasteiger partial charge in [0.15, 0.2) is 0 Å². The molecule has 2 aromatic rings. The van der Waals surface area contributed by atoms with Crippen molar-refractivity contribution in [1.29, 1.82) is 0 Å². The second-order valence-electron chi connectivity index (χ2n) is 3.97. The van der Waals surface area contributed by atoms with Gasteiger partial charge in [0.25, 0.3) is 0 Å². The number of benzene rings is 2. The molecule has 0 aliphatic carbocycles. The molecule has 1 heteroatoms. The van der Waals surface area contributed by atoms with E-state index >= 15 is 0 Å². The molecule has 18 heavy (non-hydrogen) atoms. The summed E-state index contributed by atoms with van der Waals surface area (Å²) in [5, 5.41) is 3.47. The van der Waals surface area contributed by atoms with E-state index in [0.717, 1.165) is 6.54 Å². The van der Waals surface area contributed by atoms with Crippen molar-refractivity contribution in [2.24, 2.45) is 0 Å². The average molecular weight is 237 g/mol. The molecule has 0 saturated carbocycles. The van der Waals surface area contributed by atoms with Crippen LogP contribution in [0.1, 0.15) is 30.5 Å². The average Bonchev–Trinajstić information content (AvgIpc) is 2.44. The number of anilines is 1. The summed E-state index contributed by atoms with van der Waals surface area (Å²) in [6.07, 6.45) is 4.36. The van der Waals surface area contributed by atoms with Crippen LogP contribution in [0.25, 0.3) is 12.2 Å². The summed E-state index contributed by atoms with van der Waals surface area (Å²) in [5.41, 5.74) is 5.09. The van der Waals surface area contributed by atoms with Crippen LogP contribution in [0.4, 0.5) is 5.69 Å². The fraction of sp³-hybridized carbons (Fsp3) is 0.176.